The predicted octanol–water partition coefficient (Wildman–Crippen LogP) is 3.97. The smallest absolute Gasteiger partial charge is 0.266 e. The van der Waals surface area contributed by atoms with Crippen molar-refractivity contribution >= 4 is 64.1 Å². The van der Waals surface area contributed by atoms with E-state index in [-0.39, 0.29) is 34.3 Å². The van der Waals surface area contributed by atoms with Crippen molar-refractivity contribution in [3.63, 3.8) is 0 Å². The molecule has 3 aromatic carbocycles. The summed E-state index contributed by atoms with van der Waals surface area (Å²) in [6.07, 6.45) is 7.54. The lowest BCUT2D eigenvalue weighted by Gasteiger charge is -2.23. The first-order valence-electron chi connectivity index (χ1n) is 17.1. The number of hydrogen-bond donors (Lipinski definition) is 1. The molecule has 4 heterocycles. The van der Waals surface area contributed by atoms with Gasteiger partial charge < -0.3 is 5.11 Å². The minimum Gasteiger partial charge on any atom is -0.369 e. The van der Waals surface area contributed by atoms with Crippen molar-refractivity contribution in [1.29, 1.82) is 0 Å². The zero-order chi connectivity index (χ0) is 37.9. The number of nitrogens with zero attached hydrogens (tertiary/aromatic N) is 4. The highest BCUT2D eigenvalue weighted by Gasteiger charge is 2.43. The molecule has 12 heteroatoms. The molecule has 266 valence electrons. The van der Waals surface area contributed by atoms with Crippen LogP contribution in [0.15, 0.2) is 96.1 Å². The molecule has 0 fully saturated rings. The van der Waals surface area contributed by atoms with Crippen LogP contribution < -0.4 is 19.6 Å². The Morgan fingerprint density at radius 2 is 1.09 bits per heavy atom. The molecule has 1 atom stereocenters. The number of carbonyl (C=O) groups is 7. The lowest BCUT2D eigenvalue weighted by molar-refractivity contribution is -0.122. The van der Waals surface area contributed by atoms with Crippen molar-refractivity contribution in [3.05, 3.63) is 130 Å². The molecule has 4 aliphatic heterocycles. The second-order valence-corrected chi connectivity index (χ2v) is 13.1. The minimum absolute atomic E-state index is 0.121. The zero-order valence-electron chi connectivity index (χ0n) is 29.4. The fourth-order valence-corrected chi connectivity index (χ4v) is 7.42. The summed E-state index contributed by atoms with van der Waals surface area (Å²) >= 11 is 0. The average Bonchev–Trinajstić information content (AvgIpc) is 3.82. The topological polar surface area (TPSA) is 153 Å². The van der Waals surface area contributed by atoms with Crippen molar-refractivity contribution in [2.75, 3.05) is 19.6 Å². The summed E-state index contributed by atoms with van der Waals surface area (Å²) in [6.45, 7) is 7.54. The standard InChI is InChI=1S/C41H34N4O8/c1-5-26-17-24(14-22(3)38(26)44-34(48)12-13-35(44)49)16-25-15-23(4)39(27(6-2)18-25)45-37(51)21-31(41(45)53)30-20-36(50)43(40(30)52)29-9-7-8-28(19-29)42-32(46)10-11-33(42)47/h7-15,17-21,32,46H,5-6,16H2,1-4H3. The van der Waals surface area contributed by atoms with Crippen LogP contribution in [0.25, 0.3) is 0 Å². The van der Waals surface area contributed by atoms with E-state index in [9.17, 15) is 38.7 Å². The van der Waals surface area contributed by atoms with Gasteiger partial charge in [0.15, 0.2) is 6.23 Å². The van der Waals surface area contributed by atoms with Gasteiger partial charge in [-0.05, 0) is 90.8 Å². The van der Waals surface area contributed by atoms with Gasteiger partial charge in [-0.3, -0.25) is 38.5 Å². The van der Waals surface area contributed by atoms with Crippen molar-refractivity contribution in [1.82, 2.24) is 0 Å². The van der Waals surface area contributed by atoms with Crippen molar-refractivity contribution in [2.45, 2.75) is 53.2 Å². The Morgan fingerprint density at radius 3 is 1.62 bits per heavy atom. The molecule has 7 rings (SSSR count). The van der Waals surface area contributed by atoms with Crippen LogP contribution in [0.2, 0.25) is 0 Å². The Labute approximate surface area is 304 Å². The van der Waals surface area contributed by atoms with Gasteiger partial charge in [0, 0.05) is 36.1 Å². The summed E-state index contributed by atoms with van der Waals surface area (Å²) in [5, 5.41) is 10.2. The molecule has 53 heavy (non-hydrogen) atoms. The summed E-state index contributed by atoms with van der Waals surface area (Å²) in [7, 11) is 0. The first kappa shape index (κ1) is 34.9. The molecular formula is C41H34N4O8. The predicted molar refractivity (Wildman–Crippen MR) is 196 cm³/mol. The minimum atomic E-state index is -1.21. The molecule has 0 bridgehead atoms. The van der Waals surface area contributed by atoms with Crippen molar-refractivity contribution in [3.8, 4) is 0 Å². The summed E-state index contributed by atoms with van der Waals surface area (Å²) < 4.78 is 0. The molecule has 0 saturated carbocycles. The third-order valence-corrected chi connectivity index (χ3v) is 9.72. The second-order valence-electron chi connectivity index (χ2n) is 13.1. The number of amides is 7. The van der Waals surface area contributed by atoms with E-state index < -0.39 is 35.8 Å². The number of hydrogen-bond acceptors (Lipinski definition) is 8. The second kappa shape index (κ2) is 13.2. The van der Waals surface area contributed by atoms with Gasteiger partial charge >= 0.3 is 0 Å². The van der Waals surface area contributed by atoms with Gasteiger partial charge in [0.25, 0.3) is 41.4 Å². The van der Waals surface area contributed by atoms with Crippen LogP contribution in [0.3, 0.4) is 0 Å². The first-order chi connectivity index (χ1) is 25.3. The number of aryl methyl sites for hydroxylation is 4. The van der Waals surface area contributed by atoms with Crippen LogP contribution in [0.1, 0.15) is 47.2 Å². The Bertz CT molecular complexity index is 2330. The highest BCUT2D eigenvalue weighted by molar-refractivity contribution is 6.40. The number of aliphatic hydroxyl groups excluding tert-OH is 1. The Hall–Kier alpha value is -6.53. The number of rotatable bonds is 9. The van der Waals surface area contributed by atoms with E-state index in [4.69, 9.17) is 0 Å². The van der Waals surface area contributed by atoms with E-state index in [1.54, 1.807) is 13.0 Å². The van der Waals surface area contributed by atoms with Gasteiger partial charge in [-0.25, -0.2) is 14.7 Å². The first-order valence-corrected chi connectivity index (χ1v) is 17.1. The highest BCUT2D eigenvalue weighted by atomic mass is 16.3. The zero-order valence-corrected chi connectivity index (χ0v) is 29.4. The van der Waals surface area contributed by atoms with E-state index in [0.29, 0.717) is 36.2 Å². The number of anilines is 4. The number of carbonyl (C=O) groups excluding carboxylic acids is 7. The highest BCUT2D eigenvalue weighted by Crippen LogP contribution is 2.37. The third kappa shape index (κ3) is 5.82. The fraction of sp³-hybridized carbons (Fsp3) is 0.195. The summed E-state index contributed by atoms with van der Waals surface area (Å²) in [5.74, 6) is -4.13. The van der Waals surface area contributed by atoms with Crippen LogP contribution in [-0.2, 0) is 52.8 Å². The molecule has 0 radical (unpaired) electrons. The lowest BCUT2D eigenvalue weighted by Crippen LogP contribution is -2.35. The van der Waals surface area contributed by atoms with Gasteiger partial charge in [-0.15, -0.1) is 0 Å². The molecule has 3 aromatic rings. The molecule has 12 nitrogen and oxygen atoms in total. The Kier molecular flexibility index (Phi) is 8.71. The summed E-state index contributed by atoms with van der Waals surface area (Å²) in [5.41, 5.74) is 5.87. The van der Waals surface area contributed by atoms with Crippen LogP contribution in [0.4, 0.5) is 22.7 Å². The maximum Gasteiger partial charge on any atom is 0.266 e. The Morgan fingerprint density at radius 1 is 0.585 bits per heavy atom. The van der Waals surface area contributed by atoms with Crippen LogP contribution >= 0.6 is 0 Å². The average molecular weight is 711 g/mol. The normalized spacial score (nSPS) is 18.5. The summed E-state index contributed by atoms with van der Waals surface area (Å²) in [6, 6.07) is 13.7. The molecule has 0 aliphatic carbocycles. The van der Waals surface area contributed by atoms with Crippen LogP contribution in [0, 0.1) is 13.8 Å². The molecule has 1 N–H and O–H groups in total. The van der Waals surface area contributed by atoms with E-state index in [2.05, 4.69) is 0 Å². The number of imide groups is 3. The molecule has 0 spiro atoms. The van der Waals surface area contributed by atoms with E-state index in [1.165, 1.54) is 47.4 Å². The van der Waals surface area contributed by atoms with Gasteiger partial charge in [-0.2, -0.15) is 0 Å². The maximum atomic E-state index is 14.0. The van der Waals surface area contributed by atoms with E-state index in [0.717, 1.165) is 54.7 Å². The van der Waals surface area contributed by atoms with Crippen molar-refractivity contribution in [2.24, 2.45) is 0 Å². The lowest BCUT2D eigenvalue weighted by atomic mass is 9.93. The molecule has 0 aromatic heterocycles. The SMILES string of the molecule is CCc1cc(Cc2cc(C)c(N3C(=O)C=C(C4=CC(=O)N(c5cccc(N6C(=O)C=CC6O)c5)C4=O)C3=O)c(CC)c2)cc(C)c1N1C(=O)C=CC1=O. The molecule has 0 saturated heterocycles. The number of benzene rings is 3. The molecular weight excluding hydrogens is 676 g/mol. The largest absolute Gasteiger partial charge is 0.369 e. The van der Waals surface area contributed by atoms with Gasteiger partial charge in [0.05, 0.1) is 28.2 Å². The van der Waals surface area contributed by atoms with E-state index in [1.807, 2.05) is 45.0 Å². The fourth-order valence-electron chi connectivity index (χ4n) is 7.42. The van der Waals surface area contributed by atoms with Gasteiger partial charge in [0.1, 0.15) is 0 Å². The Balaban J connectivity index is 1.13. The van der Waals surface area contributed by atoms with Crippen LogP contribution in [-0.4, -0.2) is 52.7 Å². The van der Waals surface area contributed by atoms with Gasteiger partial charge in [-0.1, -0.05) is 44.2 Å². The molecule has 4 aliphatic rings. The third-order valence-electron chi connectivity index (χ3n) is 9.72. The van der Waals surface area contributed by atoms with Gasteiger partial charge in [0.2, 0.25) is 0 Å². The maximum absolute atomic E-state index is 14.0. The van der Waals surface area contributed by atoms with Crippen LogP contribution in [0.5, 0.6) is 0 Å². The monoisotopic (exact) mass is 710 g/mol. The summed E-state index contributed by atoms with van der Waals surface area (Å²) in [4.78, 5) is 95.7. The quantitative estimate of drug-likeness (QED) is 0.328. The molecule has 7 amide bonds. The van der Waals surface area contributed by atoms with Crippen molar-refractivity contribution < 1.29 is 38.7 Å². The number of aliphatic hydroxyl groups is 1. The van der Waals surface area contributed by atoms with E-state index >= 15 is 0 Å². The molecule has 1 unspecified atom stereocenters.